The Morgan fingerprint density at radius 1 is 1.16 bits per heavy atom. The van der Waals surface area contributed by atoms with Crippen molar-refractivity contribution in [2.45, 2.75) is 82.6 Å². The van der Waals surface area contributed by atoms with Crippen LogP contribution in [0.25, 0.3) is 6.08 Å². The van der Waals surface area contributed by atoms with Gasteiger partial charge in [-0.1, -0.05) is 6.07 Å². The SMILES string of the molecule is Cc1ncc(/C=C/C(=O)NC2CCC(F)(CCN3CCc4ccc(CCC(F)(F)F)nc4CC3)CC2)cn1. The van der Waals surface area contributed by atoms with Gasteiger partial charge < -0.3 is 10.2 Å². The summed E-state index contributed by atoms with van der Waals surface area (Å²) in [4.78, 5) is 27.2. The van der Waals surface area contributed by atoms with Crippen LogP contribution >= 0.6 is 0 Å². The summed E-state index contributed by atoms with van der Waals surface area (Å²) in [5.74, 6) is 0.458. The third-order valence-electron chi connectivity index (χ3n) is 7.49. The summed E-state index contributed by atoms with van der Waals surface area (Å²) in [6, 6.07) is 3.55. The molecule has 206 valence electrons. The molecule has 2 aromatic rings. The Balaban J connectivity index is 1.19. The number of nitrogens with zero attached hydrogens (tertiary/aromatic N) is 4. The Labute approximate surface area is 221 Å². The number of carbonyl (C=O) groups excluding carboxylic acids is 1. The molecule has 6 nitrogen and oxygen atoms in total. The monoisotopic (exact) mass is 533 g/mol. The number of pyridine rings is 1. The first-order chi connectivity index (χ1) is 18.1. The fraction of sp³-hybridized carbons (Fsp3) is 0.571. The van der Waals surface area contributed by atoms with Crippen molar-refractivity contribution in [3.05, 3.63) is 58.9 Å². The van der Waals surface area contributed by atoms with Gasteiger partial charge in [0.15, 0.2) is 0 Å². The van der Waals surface area contributed by atoms with Gasteiger partial charge in [0.25, 0.3) is 0 Å². The molecule has 1 aliphatic heterocycles. The number of halogens is 4. The zero-order valence-electron chi connectivity index (χ0n) is 21.7. The van der Waals surface area contributed by atoms with Gasteiger partial charge in [0.05, 0.1) is 0 Å². The van der Waals surface area contributed by atoms with Crippen molar-refractivity contribution in [3.63, 3.8) is 0 Å². The minimum absolute atomic E-state index is 0.0457. The summed E-state index contributed by atoms with van der Waals surface area (Å²) in [6.45, 7) is 3.92. The van der Waals surface area contributed by atoms with Crippen LogP contribution in [0.15, 0.2) is 30.6 Å². The van der Waals surface area contributed by atoms with Crippen LogP contribution in [-0.2, 0) is 24.1 Å². The Hall–Kier alpha value is -2.88. The molecule has 0 bridgehead atoms. The lowest BCUT2D eigenvalue weighted by molar-refractivity contribution is -0.134. The first kappa shape index (κ1) is 28.1. The smallest absolute Gasteiger partial charge is 0.350 e. The Morgan fingerprint density at radius 3 is 2.58 bits per heavy atom. The van der Waals surface area contributed by atoms with Crippen molar-refractivity contribution in [2.24, 2.45) is 0 Å². The maximum atomic E-state index is 15.6. The van der Waals surface area contributed by atoms with Crippen LogP contribution in [-0.4, -0.2) is 63.3 Å². The molecule has 0 spiro atoms. The maximum Gasteiger partial charge on any atom is 0.389 e. The van der Waals surface area contributed by atoms with Crippen molar-refractivity contribution in [2.75, 3.05) is 19.6 Å². The number of carbonyl (C=O) groups is 1. The predicted octanol–water partition coefficient (Wildman–Crippen LogP) is 4.95. The quantitative estimate of drug-likeness (QED) is 0.384. The first-order valence-corrected chi connectivity index (χ1v) is 13.3. The van der Waals surface area contributed by atoms with Crippen LogP contribution in [0, 0.1) is 6.92 Å². The highest BCUT2D eigenvalue weighted by molar-refractivity contribution is 5.91. The van der Waals surface area contributed by atoms with Gasteiger partial charge in [0.1, 0.15) is 11.5 Å². The zero-order chi connectivity index (χ0) is 27.2. The van der Waals surface area contributed by atoms with Crippen LogP contribution in [0.3, 0.4) is 0 Å². The molecule has 2 aromatic heterocycles. The number of rotatable bonds is 8. The normalized spacial score (nSPS) is 22.7. The lowest BCUT2D eigenvalue weighted by Crippen LogP contribution is -2.42. The zero-order valence-corrected chi connectivity index (χ0v) is 21.7. The largest absolute Gasteiger partial charge is 0.389 e. The molecule has 1 N–H and O–H groups in total. The van der Waals surface area contributed by atoms with Crippen LogP contribution in [0.5, 0.6) is 0 Å². The molecule has 1 aliphatic carbocycles. The summed E-state index contributed by atoms with van der Waals surface area (Å²) >= 11 is 0. The lowest BCUT2D eigenvalue weighted by Gasteiger charge is -2.35. The van der Waals surface area contributed by atoms with Gasteiger partial charge >= 0.3 is 6.18 Å². The van der Waals surface area contributed by atoms with E-state index in [9.17, 15) is 18.0 Å². The number of fused-ring (bicyclic) bond motifs is 1. The Bertz CT molecular complexity index is 1110. The lowest BCUT2D eigenvalue weighted by atomic mass is 9.81. The number of amides is 1. The number of alkyl halides is 4. The molecule has 1 saturated carbocycles. The number of hydrogen-bond donors (Lipinski definition) is 1. The molecule has 0 saturated heterocycles. The molecule has 0 aromatic carbocycles. The molecule has 0 atom stereocenters. The highest BCUT2D eigenvalue weighted by Gasteiger charge is 2.36. The second kappa shape index (κ2) is 12.3. The third kappa shape index (κ3) is 8.58. The van der Waals surface area contributed by atoms with Crippen molar-refractivity contribution >= 4 is 12.0 Å². The molecular weight excluding hydrogens is 498 g/mol. The minimum Gasteiger partial charge on any atom is -0.350 e. The molecule has 10 heteroatoms. The van der Waals surface area contributed by atoms with E-state index in [4.69, 9.17) is 0 Å². The summed E-state index contributed by atoms with van der Waals surface area (Å²) in [6.07, 6.45) is 5.12. The Morgan fingerprint density at radius 2 is 1.87 bits per heavy atom. The first-order valence-electron chi connectivity index (χ1n) is 13.3. The van der Waals surface area contributed by atoms with Crippen LogP contribution < -0.4 is 5.32 Å². The standard InChI is InChI=1S/C28H35F4N5O/c1-20-33-18-21(19-34-20)2-5-26(38)36-24-6-11-27(29,12-7-24)14-17-37-15-9-22-3-4-23(8-13-28(30,31)32)35-25(22)10-16-37/h2-5,18-19,24H,6-17H2,1H3,(H,36,38)/b5-2+. The number of aryl methyl sites for hydroxylation is 2. The molecule has 0 unspecified atom stereocenters. The second-order valence-electron chi connectivity index (χ2n) is 10.4. The van der Waals surface area contributed by atoms with Gasteiger partial charge in [-0.25, -0.2) is 14.4 Å². The van der Waals surface area contributed by atoms with Crippen molar-refractivity contribution in [3.8, 4) is 0 Å². The number of aromatic nitrogens is 3. The summed E-state index contributed by atoms with van der Waals surface area (Å²) in [5, 5.41) is 2.97. The molecule has 1 fully saturated rings. The maximum absolute atomic E-state index is 15.6. The topological polar surface area (TPSA) is 71.0 Å². The van der Waals surface area contributed by atoms with E-state index in [1.807, 2.05) is 6.07 Å². The van der Waals surface area contributed by atoms with Crippen LogP contribution in [0.4, 0.5) is 17.6 Å². The average Bonchev–Trinajstić information content (AvgIpc) is 3.09. The van der Waals surface area contributed by atoms with Gasteiger partial charge in [-0.05, 0) is 69.6 Å². The van der Waals surface area contributed by atoms with Crippen molar-refractivity contribution in [1.82, 2.24) is 25.2 Å². The number of hydrogen-bond acceptors (Lipinski definition) is 5. The van der Waals surface area contributed by atoms with E-state index in [0.29, 0.717) is 56.6 Å². The van der Waals surface area contributed by atoms with Gasteiger partial charge in [-0.2, -0.15) is 13.2 Å². The summed E-state index contributed by atoms with van der Waals surface area (Å²) in [7, 11) is 0. The fourth-order valence-corrected chi connectivity index (χ4v) is 5.10. The van der Waals surface area contributed by atoms with Gasteiger partial charge in [0.2, 0.25) is 5.91 Å². The average molecular weight is 534 g/mol. The minimum atomic E-state index is -4.19. The van der Waals surface area contributed by atoms with E-state index in [0.717, 1.165) is 36.3 Å². The fourth-order valence-electron chi connectivity index (χ4n) is 5.10. The van der Waals surface area contributed by atoms with E-state index in [2.05, 4.69) is 25.2 Å². The molecule has 4 rings (SSSR count). The van der Waals surface area contributed by atoms with E-state index in [-0.39, 0.29) is 18.4 Å². The molecule has 1 amide bonds. The van der Waals surface area contributed by atoms with Gasteiger partial charge in [-0.3, -0.25) is 9.78 Å². The van der Waals surface area contributed by atoms with E-state index in [1.54, 1.807) is 31.5 Å². The third-order valence-corrected chi connectivity index (χ3v) is 7.49. The van der Waals surface area contributed by atoms with Gasteiger partial charge in [-0.15, -0.1) is 0 Å². The molecule has 0 radical (unpaired) electrons. The van der Waals surface area contributed by atoms with E-state index < -0.39 is 18.3 Å². The van der Waals surface area contributed by atoms with E-state index >= 15 is 4.39 Å². The summed E-state index contributed by atoms with van der Waals surface area (Å²) in [5.41, 5.74) is 1.89. The van der Waals surface area contributed by atoms with Crippen LogP contribution in [0.2, 0.25) is 0 Å². The molecular formula is C28H35F4N5O. The van der Waals surface area contributed by atoms with E-state index in [1.165, 1.54) is 6.08 Å². The summed E-state index contributed by atoms with van der Waals surface area (Å²) < 4.78 is 53.2. The van der Waals surface area contributed by atoms with Crippen molar-refractivity contribution < 1.29 is 22.4 Å². The van der Waals surface area contributed by atoms with Gasteiger partial charge in [0, 0.05) is 73.9 Å². The predicted molar refractivity (Wildman–Crippen MR) is 137 cm³/mol. The van der Waals surface area contributed by atoms with Crippen molar-refractivity contribution in [1.29, 1.82) is 0 Å². The molecule has 38 heavy (non-hydrogen) atoms. The highest BCUT2D eigenvalue weighted by atomic mass is 19.4. The molecule has 2 aliphatic rings. The number of nitrogens with one attached hydrogen (secondary N) is 1. The Kier molecular flexibility index (Phi) is 9.12. The highest BCUT2D eigenvalue weighted by Crippen LogP contribution is 2.35. The molecule has 3 heterocycles. The van der Waals surface area contributed by atoms with Crippen LogP contribution in [0.1, 0.15) is 66.9 Å². The second-order valence-corrected chi connectivity index (χ2v) is 10.4.